The quantitative estimate of drug-likeness (QED) is 0.139. The molecule has 102 heavy (non-hydrogen) atoms. The Balaban J connectivity index is 0.621. The fourth-order valence-corrected chi connectivity index (χ4v) is 16.8. The summed E-state index contributed by atoms with van der Waals surface area (Å²) in [5.74, 6) is 3.55. The van der Waals surface area contributed by atoms with Crippen LogP contribution in [0.5, 0.6) is 0 Å². The molecule has 0 unspecified atom stereocenters. The van der Waals surface area contributed by atoms with E-state index in [0.29, 0.717) is 34.9 Å². The highest BCUT2D eigenvalue weighted by atomic mass is 32.1. The highest BCUT2D eigenvalue weighted by Gasteiger charge is 2.25. The van der Waals surface area contributed by atoms with Crippen LogP contribution in [-0.4, -0.2) is 39.0 Å². The van der Waals surface area contributed by atoms with Crippen LogP contribution in [0.2, 0.25) is 0 Å². The van der Waals surface area contributed by atoms with Crippen LogP contribution in [0.1, 0.15) is 0 Å². The summed E-state index contributed by atoms with van der Waals surface area (Å²) in [7, 11) is 0. The van der Waals surface area contributed by atoms with Crippen LogP contribution in [0.4, 0.5) is 0 Å². The SMILES string of the molecule is c1ccc(-c2nc(-c3ccccc3)nc(-c3cccc4c3sc3cc5oc6cc(-n7c8ccccc8c8ccc(-c9ccc(-c%10nc(-c%11ccccc%11)nc(-c%11cccc%12oc%13ccc%14oc%15cc(-n%16c%17ccccc%17c%17ccccc%17%16)ccc%15c%14c%13c%11%12)n%10)cc9)cc87)ccc6c5cc34)n2)cc1. The molecule has 0 saturated heterocycles. The van der Waals surface area contributed by atoms with E-state index in [1.54, 1.807) is 11.3 Å². The van der Waals surface area contributed by atoms with Crippen LogP contribution in [-0.2, 0) is 0 Å². The van der Waals surface area contributed by atoms with Crippen LogP contribution < -0.4 is 0 Å². The van der Waals surface area contributed by atoms with Gasteiger partial charge in [0, 0.05) is 131 Å². The number of hydrogen-bond acceptors (Lipinski definition) is 10. The maximum atomic E-state index is 6.90. The summed E-state index contributed by atoms with van der Waals surface area (Å²) in [6.45, 7) is 0. The molecule has 0 radical (unpaired) electrons. The lowest BCUT2D eigenvalue weighted by molar-refractivity contribution is 0.662. The number of nitrogens with zero attached hydrogens (tertiary/aromatic N) is 8. The molecule has 0 N–H and O–H groups in total. The van der Waals surface area contributed by atoms with E-state index < -0.39 is 0 Å². The predicted octanol–water partition coefficient (Wildman–Crippen LogP) is 24.0. The van der Waals surface area contributed by atoms with Crippen LogP contribution in [0.3, 0.4) is 0 Å². The zero-order chi connectivity index (χ0) is 66.7. The Morgan fingerprint density at radius 2 is 0.647 bits per heavy atom. The van der Waals surface area contributed by atoms with E-state index in [2.05, 4.69) is 197 Å². The minimum Gasteiger partial charge on any atom is -0.456 e. The van der Waals surface area contributed by atoms with Gasteiger partial charge in [0.1, 0.15) is 33.5 Å². The molecular weight excluding hydrogens is 1270 g/mol. The minimum absolute atomic E-state index is 0.533. The van der Waals surface area contributed by atoms with Crippen molar-refractivity contribution >= 4 is 141 Å². The Morgan fingerprint density at radius 3 is 1.26 bits per heavy atom. The molecule has 22 rings (SSSR count). The summed E-state index contributed by atoms with van der Waals surface area (Å²) in [6, 6.07) is 106. The molecule has 0 atom stereocenters. The summed E-state index contributed by atoms with van der Waals surface area (Å²) in [6.07, 6.45) is 0. The first-order valence-corrected chi connectivity index (χ1v) is 34.8. The van der Waals surface area contributed by atoms with Gasteiger partial charge in [0.15, 0.2) is 34.9 Å². The van der Waals surface area contributed by atoms with Crippen LogP contribution in [0, 0.1) is 0 Å². The number of fused-ring (bicyclic) bond motifs is 19. The molecular formula is C90H50N8O3S. The molecule has 0 saturated carbocycles. The van der Waals surface area contributed by atoms with Gasteiger partial charge in [-0.15, -0.1) is 11.3 Å². The third kappa shape index (κ3) is 8.66. The van der Waals surface area contributed by atoms with Gasteiger partial charge in [-0.3, -0.25) is 0 Å². The second-order valence-corrected chi connectivity index (χ2v) is 27.1. The number of hydrogen-bond donors (Lipinski definition) is 0. The first kappa shape index (κ1) is 56.3. The van der Waals surface area contributed by atoms with Crippen molar-refractivity contribution in [2.45, 2.75) is 0 Å². The molecule has 0 amide bonds. The summed E-state index contributed by atoms with van der Waals surface area (Å²) in [5, 5.41) is 13.0. The number of furan rings is 3. The van der Waals surface area contributed by atoms with E-state index in [1.165, 1.54) is 16.2 Å². The Hall–Kier alpha value is -13.7. The van der Waals surface area contributed by atoms with Crippen molar-refractivity contribution in [3.05, 3.63) is 303 Å². The Bertz CT molecular complexity index is 7140. The zero-order valence-corrected chi connectivity index (χ0v) is 54.9. The summed E-state index contributed by atoms with van der Waals surface area (Å²) < 4.78 is 27.4. The van der Waals surface area contributed by atoms with Crippen LogP contribution in [0.25, 0.3) is 220 Å². The smallest absolute Gasteiger partial charge is 0.165 e. The maximum Gasteiger partial charge on any atom is 0.165 e. The first-order valence-electron chi connectivity index (χ1n) is 34.0. The lowest BCUT2D eigenvalue weighted by Gasteiger charge is -2.11. The minimum atomic E-state index is 0.533. The number of rotatable bonds is 9. The monoisotopic (exact) mass is 1320 g/mol. The van der Waals surface area contributed by atoms with Crippen molar-refractivity contribution < 1.29 is 13.3 Å². The molecule has 22 aromatic rings. The summed E-state index contributed by atoms with van der Waals surface area (Å²) in [4.78, 5) is 31.0. The van der Waals surface area contributed by atoms with Gasteiger partial charge in [0.05, 0.1) is 22.1 Å². The van der Waals surface area contributed by atoms with Crippen molar-refractivity contribution in [1.29, 1.82) is 0 Å². The highest BCUT2D eigenvalue weighted by Crippen LogP contribution is 2.47. The molecule has 12 heteroatoms. The van der Waals surface area contributed by atoms with Gasteiger partial charge in [-0.05, 0) is 96.1 Å². The molecule has 0 spiro atoms. The number of thiophene rings is 1. The van der Waals surface area contributed by atoms with Gasteiger partial charge in [0.2, 0.25) is 0 Å². The third-order valence-electron chi connectivity index (χ3n) is 20.2. The molecule has 0 aliphatic heterocycles. The molecule has 0 bridgehead atoms. The number of benzene rings is 14. The van der Waals surface area contributed by atoms with E-state index >= 15 is 0 Å². The molecule has 0 aliphatic rings. The second kappa shape index (κ2) is 21.9. The molecule has 8 heterocycles. The Labute approximate surface area is 583 Å². The molecule has 14 aromatic carbocycles. The van der Waals surface area contributed by atoms with Crippen molar-refractivity contribution in [3.63, 3.8) is 0 Å². The van der Waals surface area contributed by atoms with Crippen LogP contribution in [0.15, 0.2) is 317 Å². The van der Waals surface area contributed by atoms with Gasteiger partial charge in [-0.25, -0.2) is 29.9 Å². The van der Waals surface area contributed by atoms with Gasteiger partial charge in [0.25, 0.3) is 0 Å². The second-order valence-electron chi connectivity index (χ2n) is 26.0. The van der Waals surface area contributed by atoms with E-state index in [4.69, 9.17) is 43.2 Å². The fourth-order valence-electron chi connectivity index (χ4n) is 15.6. The normalized spacial score (nSPS) is 12.1. The number of aromatic nitrogens is 8. The fraction of sp³-hybridized carbons (Fsp3) is 0. The van der Waals surface area contributed by atoms with Gasteiger partial charge in [-0.1, -0.05) is 206 Å². The average Bonchev–Trinajstić information content (AvgIpc) is 1.57. The van der Waals surface area contributed by atoms with E-state index in [1.807, 2.05) is 115 Å². The van der Waals surface area contributed by atoms with Gasteiger partial charge < -0.3 is 22.4 Å². The third-order valence-corrected chi connectivity index (χ3v) is 21.5. The van der Waals surface area contributed by atoms with Crippen molar-refractivity contribution in [3.8, 4) is 90.8 Å². The van der Waals surface area contributed by atoms with Crippen molar-refractivity contribution in [1.82, 2.24) is 39.0 Å². The largest absolute Gasteiger partial charge is 0.456 e. The molecule has 11 nitrogen and oxygen atoms in total. The van der Waals surface area contributed by atoms with Crippen molar-refractivity contribution in [2.24, 2.45) is 0 Å². The number of para-hydroxylation sites is 3. The summed E-state index contributed by atoms with van der Waals surface area (Å²) in [5.41, 5.74) is 18.7. The highest BCUT2D eigenvalue weighted by molar-refractivity contribution is 7.26. The van der Waals surface area contributed by atoms with Gasteiger partial charge >= 0.3 is 0 Å². The lowest BCUT2D eigenvalue weighted by Crippen LogP contribution is -2.00. The Kier molecular flexibility index (Phi) is 12.1. The van der Waals surface area contributed by atoms with E-state index in [-0.39, 0.29) is 0 Å². The predicted molar refractivity (Wildman–Crippen MR) is 415 cm³/mol. The maximum absolute atomic E-state index is 6.90. The standard InChI is InChI=1S/C90H50N8O3S/c1-4-18-52(19-5-1)85-92-88(94-89(93-85)66-28-17-33-74-82(66)83-76(99-74)45-44-75-81(83)65-43-40-57(48-78(65)100-75)97-70-30-13-10-24-59(70)60-25-11-14-31-71(60)97)55-36-34-51(35-37-55)56-38-41-62-61-26-12-15-32-72(61)98(73(62)46-56)58-39-42-63-68-49-69-64-27-16-29-67(84(64)102-80(69)50-79(68)101-77(63)47-58)90-95-86(53-20-6-2-7-21-53)91-87(96-90)54-22-8-3-9-23-54/h1-50H. The average molecular weight is 1320 g/mol. The molecule has 0 aliphatic carbocycles. The summed E-state index contributed by atoms with van der Waals surface area (Å²) >= 11 is 1.74. The zero-order valence-electron chi connectivity index (χ0n) is 54.1. The van der Waals surface area contributed by atoms with Crippen LogP contribution >= 0.6 is 11.3 Å². The Morgan fingerprint density at radius 1 is 0.225 bits per heavy atom. The van der Waals surface area contributed by atoms with Gasteiger partial charge in [-0.2, -0.15) is 0 Å². The molecule has 0 fully saturated rings. The molecule has 8 aromatic heterocycles. The van der Waals surface area contributed by atoms with E-state index in [0.717, 1.165) is 169 Å². The van der Waals surface area contributed by atoms with E-state index in [9.17, 15) is 0 Å². The lowest BCUT2D eigenvalue weighted by atomic mass is 10.0. The molecule has 474 valence electrons. The first-order chi connectivity index (χ1) is 50.5. The topological polar surface area (TPSA) is 127 Å². The van der Waals surface area contributed by atoms with Crippen molar-refractivity contribution in [2.75, 3.05) is 0 Å².